The zero-order valence-electron chi connectivity index (χ0n) is 6.20. The van der Waals surface area contributed by atoms with Crippen LogP contribution in [-0.2, 0) is 13.6 Å². The highest BCUT2D eigenvalue weighted by Crippen LogP contribution is 2.24. The molecule has 0 aromatic rings. The summed E-state index contributed by atoms with van der Waals surface area (Å²) in [5, 5.41) is 1.33. The van der Waals surface area contributed by atoms with Crippen LogP contribution in [0.4, 0.5) is 0 Å². The minimum absolute atomic E-state index is 0.666. The van der Waals surface area contributed by atoms with E-state index in [-0.39, 0.29) is 0 Å². The van der Waals surface area contributed by atoms with Gasteiger partial charge in [0.25, 0.3) is 0 Å². The zero-order valence-corrected chi connectivity index (χ0v) is 10.4. The van der Waals surface area contributed by atoms with E-state index in [0.29, 0.717) is 10.7 Å². The van der Waals surface area contributed by atoms with Crippen molar-refractivity contribution in [3.05, 3.63) is 24.7 Å². The Labute approximate surface area is 89.0 Å². The molecule has 3 nitrogen and oxygen atoms in total. The lowest BCUT2D eigenvalue weighted by Gasteiger charge is -1.97. The van der Waals surface area contributed by atoms with Crippen molar-refractivity contribution in [2.45, 2.75) is 0 Å². The van der Waals surface area contributed by atoms with Crippen LogP contribution in [0.15, 0.2) is 24.7 Å². The fraction of sp³-hybridized carbons (Fsp3) is 0.333. The standard InChI is InChI=1S/C6H9Br2O3P/c7-3-1-5-10-12(9)11-6-2-4-8/h1-2,5-6,12H,3-4H2/b5-1+,6-2+. The number of halogens is 2. The maximum atomic E-state index is 10.8. The Morgan fingerprint density at radius 2 is 1.50 bits per heavy atom. The van der Waals surface area contributed by atoms with Crippen LogP contribution < -0.4 is 0 Å². The van der Waals surface area contributed by atoms with Crippen LogP contribution in [0.1, 0.15) is 0 Å². The highest BCUT2D eigenvalue weighted by atomic mass is 79.9. The maximum Gasteiger partial charge on any atom is 0.417 e. The zero-order chi connectivity index (χ0) is 9.23. The van der Waals surface area contributed by atoms with Crippen molar-refractivity contribution < 1.29 is 13.6 Å². The van der Waals surface area contributed by atoms with E-state index in [2.05, 4.69) is 40.9 Å². The van der Waals surface area contributed by atoms with E-state index in [0.717, 1.165) is 0 Å². The Kier molecular flexibility index (Phi) is 9.57. The first-order chi connectivity index (χ1) is 5.81. The molecule has 0 aliphatic rings. The second kappa shape index (κ2) is 9.36. The van der Waals surface area contributed by atoms with Gasteiger partial charge >= 0.3 is 8.25 Å². The molecule has 0 radical (unpaired) electrons. The van der Waals surface area contributed by atoms with Crippen molar-refractivity contribution in [3.63, 3.8) is 0 Å². The molecule has 6 heteroatoms. The Hall–Kier alpha value is 0.270. The third kappa shape index (κ3) is 8.37. The fourth-order valence-electron chi connectivity index (χ4n) is 0.308. The summed E-state index contributed by atoms with van der Waals surface area (Å²) in [6.07, 6.45) is 6.05. The average molecular weight is 320 g/mol. The first-order valence-electron chi connectivity index (χ1n) is 3.10. The van der Waals surface area contributed by atoms with Crippen molar-refractivity contribution in [1.82, 2.24) is 0 Å². The summed E-state index contributed by atoms with van der Waals surface area (Å²) in [6.45, 7) is 0. The number of hydrogen-bond donors (Lipinski definition) is 0. The van der Waals surface area contributed by atoms with E-state index in [1.807, 2.05) is 0 Å². The monoisotopic (exact) mass is 318 g/mol. The predicted molar refractivity (Wildman–Crippen MR) is 57.0 cm³/mol. The molecule has 0 bridgehead atoms. The minimum Gasteiger partial charge on any atom is -0.426 e. The molecular weight excluding hydrogens is 311 g/mol. The molecule has 0 heterocycles. The van der Waals surface area contributed by atoms with Gasteiger partial charge in [-0.05, 0) is 12.2 Å². The third-order valence-corrected chi connectivity index (χ3v) is 2.10. The molecule has 0 aromatic carbocycles. The van der Waals surface area contributed by atoms with E-state index in [9.17, 15) is 4.57 Å². The van der Waals surface area contributed by atoms with Gasteiger partial charge < -0.3 is 9.05 Å². The summed E-state index contributed by atoms with van der Waals surface area (Å²) in [5.41, 5.74) is 0. The van der Waals surface area contributed by atoms with Gasteiger partial charge in [-0.25, -0.2) is 4.57 Å². The van der Waals surface area contributed by atoms with Gasteiger partial charge in [0, 0.05) is 10.7 Å². The summed E-state index contributed by atoms with van der Waals surface area (Å²) in [5.74, 6) is 0. The summed E-state index contributed by atoms with van der Waals surface area (Å²) in [7, 11) is -2.40. The molecular formula is C6H9Br2O3P. The van der Waals surface area contributed by atoms with Crippen molar-refractivity contribution >= 4 is 40.1 Å². The molecule has 0 saturated carbocycles. The first-order valence-corrected chi connectivity index (χ1v) is 6.57. The van der Waals surface area contributed by atoms with E-state index < -0.39 is 8.25 Å². The van der Waals surface area contributed by atoms with Gasteiger partial charge in [0.2, 0.25) is 0 Å². The normalized spacial score (nSPS) is 11.6. The molecule has 0 N–H and O–H groups in total. The smallest absolute Gasteiger partial charge is 0.417 e. The van der Waals surface area contributed by atoms with E-state index in [4.69, 9.17) is 0 Å². The summed E-state index contributed by atoms with van der Waals surface area (Å²) >= 11 is 6.29. The van der Waals surface area contributed by atoms with Gasteiger partial charge in [0.05, 0.1) is 12.5 Å². The van der Waals surface area contributed by atoms with Gasteiger partial charge in [-0.1, -0.05) is 31.9 Å². The van der Waals surface area contributed by atoms with Crippen molar-refractivity contribution in [2.75, 3.05) is 10.7 Å². The average Bonchev–Trinajstić information content (AvgIpc) is 2.06. The SMILES string of the molecule is O=[PH](O/C=C/CBr)O/C=C/CBr. The molecule has 0 aliphatic heterocycles. The molecule has 0 rings (SSSR count). The molecule has 0 unspecified atom stereocenters. The summed E-state index contributed by atoms with van der Waals surface area (Å²) in [6, 6.07) is 0. The fourth-order valence-corrected chi connectivity index (χ4v) is 1.08. The second-order valence-corrected chi connectivity index (χ2v) is 3.80. The topological polar surface area (TPSA) is 35.5 Å². The van der Waals surface area contributed by atoms with Crippen molar-refractivity contribution in [2.24, 2.45) is 0 Å². The maximum absolute atomic E-state index is 10.8. The van der Waals surface area contributed by atoms with Crippen molar-refractivity contribution in [3.8, 4) is 0 Å². The minimum atomic E-state index is -2.40. The van der Waals surface area contributed by atoms with Crippen LogP contribution in [0.25, 0.3) is 0 Å². The second-order valence-electron chi connectivity index (χ2n) is 1.54. The van der Waals surface area contributed by atoms with Gasteiger partial charge in [-0.2, -0.15) is 0 Å². The number of hydrogen-bond acceptors (Lipinski definition) is 3. The highest BCUT2D eigenvalue weighted by molar-refractivity contribution is 9.09. The highest BCUT2D eigenvalue weighted by Gasteiger charge is 1.90. The molecule has 12 heavy (non-hydrogen) atoms. The van der Waals surface area contributed by atoms with Gasteiger partial charge in [0.15, 0.2) is 0 Å². The number of allylic oxidation sites excluding steroid dienone is 2. The molecule has 70 valence electrons. The lowest BCUT2D eigenvalue weighted by atomic mass is 10.7. The number of alkyl halides is 2. The molecule has 0 atom stereocenters. The van der Waals surface area contributed by atoms with Crippen LogP contribution in [0.2, 0.25) is 0 Å². The Balaban J connectivity index is 3.46. The van der Waals surface area contributed by atoms with Gasteiger partial charge in [-0.15, -0.1) is 0 Å². The van der Waals surface area contributed by atoms with Crippen LogP contribution in [0.3, 0.4) is 0 Å². The number of rotatable bonds is 6. The van der Waals surface area contributed by atoms with Gasteiger partial charge in [-0.3, -0.25) is 0 Å². The first kappa shape index (κ1) is 12.3. The summed E-state index contributed by atoms with van der Waals surface area (Å²) in [4.78, 5) is 0. The molecule has 0 aliphatic carbocycles. The van der Waals surface area contributed by atoms with Crippen LogP contribution >= 0.6 is 40.1 Å². The quantitative estimate of drug-likeness (QED) is 0.428. The lowest BCUT2D eigenvalue weighted by molar-refractivity contribution is 0.355. The lowest BCUT2D eigenvalue weighted by Crippen LogP contribution is -1.70. The Morgan fingerprint density at radius 3 is 1.83 bits per heavy atom. The largest absolute Gasteiger partial charge is 0.426 e. The predicted octanol–water partition coefficient (Wildman–Crippen LogP) is 3.23. The molecule has 0 amide bonds. The Morgan fingerprint density at radius 1 is 1.08 bits per heavy atom. The molecule has 0 aromatic heterocycles. The molecule has 0 fully saturated rings. The van der Waals surface area contributed by atoms with Crippen LogP contribution in [0.5, 0.6) is 0 Å². The van der Waals surface area contributed by atoms with Gasteiger partial charge in [0.1, 0.15) is 0 Å². The van der Waals surface area contributed by atoms with Crippen LogP contribution in [0, 0.1) is 0 Å². The summed E-state index contributed by atoms with van der Waals surface area (Å²) < 4.78 is 20.2. The van der Waals surface area contributed by atoms with E-state index in [1.54, 1.807) is 12.2 Å². The van der Waals surface area contributed by atoms with E-state index in [1.165, 1.54) is 12.5 Å². The third-order valence-electron chi connectivity index (χ3n) is 0.699. The van der Waals surface area contributed by atoms with E-state index >= 15 is 0 Å². The Bertz CT molecular complexity index is 164. The van der Waals surface area contributed by atoms with Crippen molar-refractivity contribution in [1.29, 1.82) is 0 Å². The molecule has 0 spiro atoms. The molecule has 0 saturated heterocycles. The van der Waals surface area contributed by atoms with Crippen LogP contribution in [-0.4, -0.2) is 10.7 Å².